The van der Waals surface area contributed by atoms with Crippen molar-refractivity contribution >= 4 is 10.2 Å². The SMILES string of the molecule is O=S(=O)(F)C(F)(F)C(F)(F)C1(C(F)(F)F)OCCO1. The average molecular weight is 324 g/mol. The van der Waals surface area contributed by atoms with Crippen molar-refractivity contribution in [3.05, 3.63) is 0 Å². The van der Waals surface area contributed by atoms with Gasteiger partial charge in [0.05, 0.1) is 13.2 Å². The number of alkyl halides is 7. The van der Waals surface area contributed by atoms with Gasteiger partial charge in [-0.15, -0.1) is 0 Å². The van der Waals surface area contributed by atoms with E-state index in [-0.39, 0.29) is 0 Å². The summed E-state index contributed by atoms with van der Waals surface area (Å²) in [5.41, 5.74) is 0. The highest BCUT2D eigenvalue weighted by molar-refractivity contribution is 7.87. The van der Waals surface area contributed by atoms with E-state index < -0.39 is 46.6 Å². The Morgan fingerprint density at radius 1 is 0.895 bits per heavy atom. The van der Waals surface area contributed by atoms with Gasteiger partial charge in [-0.2, -0.15) is 39.2 Å². The molecular formula is C6H4F8O4S. The highest BCUT2D eigenvalue weighted by atomic mass is 32.3. The molecule has 0 aliphatic carbocycles. The molecule has 1 aliphatic heterocycles. The first-order chi connectivity index (χ1) is 8.21. The summed E-state index contributed by atoms with van der Waals surface area (Å²) in [6, 6.07) is 0. The highest BCUT2D eigenvalue weighted by Crippen LogP contribution is 2.55. The molecule has 0 N–H and O–H groups in total. The predicted molar refractivity (Wildman–Crippen MR) is 40.6 cm³/mol. The van der Waals surface area contributed by atoms with Gasteiger partial charge in [0.25, 0.3) is 0 Å². The molecule has 0 unspecified atom stereocenters. The quantitative estimate of drug-likeness (QED) is 0.587. The summed E-state index contributed by atoms with van der Waals surface area (Å²) < 4.78 is 128. The molecule has 114 valence electrons. The lowest BCUT2D eigenvalue weighted by Crippen LogP contribution is -2.67. The van der Waals surface area contributed by atoms with Gasteiger partial charge in [-0.3, -0.25) is 0 Å². The zero-order valence-electron chi connectivity index (χ0n) is 8.48. The van der Waals surface area contributed by atoms with Crippen molar-refractivity contribution in [2.45, 2.75) is 23.1 Å². The third-order valence-corrected chi connectivity index (χ3v) is 3.02. The maximum atomic E-state index is 13.2. The van der Waals surface area contributed by atoms with Crippen LogP contribution >= 0.6 is 0 Å². The fraction of sp³-hybridized carbons (Fsp3) is 1.00. The molecule has 0 amide bonds. The lowest BCUT2D eigenvalue weighted by Gasteiger charge is -2.37. The first-order valence-corrected chi connectivity index (χ1v) is 5.63. The second kappa shape index (κ2) is 4.15. The van der Waals surface area contributed by atoms with Gasteiger partial charge in [0.2, 0.25) is 0 Å². The summed E-state index contributed by atoms with van der Waals surface area (Å²) in [5, 5.41) is -6.68. The molecule has 4 nitrogen and oxygen atoms in total. The first kappa shape index (κ1) is 16.4. The molecule has 1 rings (SSSR count). The number of rotatable bonds is 3. The van der Waals surface area contributed by atoms with Gasteiger partial charge >= 0.3 is 33.4 Å². The van der Waals surface area contributed by atoms with Crippen molar-refractivity contribution in [2.75, 3.05) is 13.2 Å². The summed E-state index contributed by atoms with van der Waals surface area (Å²) in [5.74, 6) is -11.8. The molecule has 0 bridgehead atoms. The molecule has 1 fully saturated rings. The second-order valence-electron chi connectivity index (χ2n) is 3.34. The average Bonchev–Trinajstić information content (AvgIpc) is 2.63. The minimum Gasteiger partial charge on any atom is -0.335 e. The van der Waals surface area contributed by atoms with E-state index >= 15 is 0 Å². The van der Waals surface area contributed by atoms with E-state index in [9.17, 15) is 43.0 Å². The van der Waals surface area contributed by atoms with Gasteiger partial charge in [-0.25, -0.2) is 0 Å². The fourth-order valence-electron chi connectivity index (χ4n) is 1.28. The highest BCUT2D eigenvalue weighted by Gasteiger charge is 2.86. The number of halogens is 8. The third-order valence-electron chi connectivity index (χ3n) is 2.15. The maximum absolute atomic E-state index is 13.2. The topological polar surface area (TPSA) is 52.6 Å². The molecule has 0 aromatic carbocycles. The monoisotopic (exact) mass is 324 g/mol. The van der Waals surface area contributed by atoms with E-state index in [0.29, 0.717) is 0 Å². The zero-order chi connectivity index (χ0) is 15.3. The lowest BCUT2D eigenvalue weighted by molar-refractivity contribution is -0.432. The smallest absolute Gasteiger partial charge is 0.335 e. The number of hydrogen-bond donors (Lipinski definition) is 0. The molecule has 0 aromatic rings. The molecule has 1 saturated heterocycles. The third kappa shape index (κ3) is 2.07. The fourth-order valence-corrected chi connectivity index (χ4v) is 1.72. The predicted octanol–water partition coefficient (Wildman–Crippen LogP) is 1.82. The van der Waals surface area contributed by atoms with Crippen LogP contribution < -0.4 is 0 Å². The van der Waals surface area contributed by atoms with E-state index in [1.807, 2.05) is 0 Å². The van der Waals surface area contributed by atoms with Gasteiger partial charge in [-0.1, -0.05) is 3.89 Å². The Morgan fingerprint density at radius 2 is 1.26 bits per heavy atom. The van der Waals surface area contributed by atoms with Crippen LogP contribution in [0.25, 0.3) is 0 Å². The van der Waals surface area contributed by atoms with Gasteiger partial charge in [0.1, 0.15) is 0 Å². The van der Waals surface area contributed by atoms with Crippen LogP contribution in [-0.2, 0) is 19.7 Å². The molecule has 1 aliphatic rings. The normalized spacial score (nSPS) is 21.7. The van der Waals surface area contributed by atoms with Gasteiger partial charge in [0, 0.05) is 0 Å². The largest absolute Gasteiger partial charge is 0.450 e. The maximum Gasteiger partial charge on any atom is 0.450 e. The van der Waals surface area contributed by atoms with Crippen molar-refractivity contribution < 1.29 is 52.5 Å². The Morgan fingerprint density at radius 3 is 1.53 bits per heavy atom. The van der Waals surface area contributed by atoms with Gasteiger partial charge < -0.3 is 9.47 Å². The molecule has 0 saturated carbocycles. The summed E-state index contributed by atoms with van der Waals surface area (Å²) >= 11 is 0. The number of hydrogen-bond acceptors (Lipinski definition) is 4. The second-order valence-corrected chi connectivity index (χ2v) is 4.73. The van der Waals surface area contributed by atoms with Crippen molar-refractivity contribution in [1.29, 1.82) is 0 Å². The van der Waals surface area contributed by atoms with Crippen LogP contribution in [0.5, 0.6) is 0 Å². The van der Waals surface area contributed by atoms with Crippen LogP contribution in [0.1, 0.15) is 0 Å². The Hall–Kier alpha value is -0.690. The molecule has 19 heavy (non-hydrogen) atoms. The number of ether oxygens (including phenoxy) is 2. The lowest BCUT2D eigenvalue weighted by atomic mass is 10.1. The summed E-state index contributed by atoms with van der Waals surface area (Å²) in [6.45, 7) is -2.31. The van der Waals surface area contributed by atoms with E-state index in [4.69, 9.17) is 0 Å². The van der Waals surface area contributed by atoms with E-state index in [1.54, 1.807) is 0 Å². The van der Waals surface area contributed by atoms with Crippen LogP contribution in [0.4, 0.5) is 34.6 Å². The Balaban J connectivity index is 3.47. The molecular weight excluding hydrogens is 320 g/mol. The molecule has 1 heterocycles. The molecule has 0 atom stereocenters. The zero-order valence-corrected chi connectivity index (χ0v) is 9.30. The van der Waals surface area contributed by atoms with Crippen LogP contribution in [0.3, 0.4) is 0 Å². The standard InChI is InChI=1S/C6H4F8O4S/c7-3(8,6(12,13)19(14,15)16)4(5(9,10)11)17-1-2-18-4/h1-2H2. The van der Waals surface area contributed by atoms with Crippen LogP contribution in [0.2, 0.25) is 0 Å². The molecule has 13 heteroatoms. The first-order valence-electron chi connectivity index (χ1n) is 4.25. The van der Waals surface area contributed by atoms with Crippen LogP contribution in [0.15, 0.2) is 0 Å². The summed E-state index contributed by atoms with van der Waals surface area (Å²) in [6.07, 6.45) is -6.22. The Kier molecular flexibility index (Phi) is 3.57. The van der Waals surface area contributed by atoms with Gasteiger partial charge in [0.15, 0.2) is 0 Å². The Labute approximate surface area is 100 Å². The van der Waals surface area contributed by atoms with Crippen LogP contribution in [0, 0.1) is 0 Å². The van der Waals surface area contributed by atoms with E-state index in [2.05, 4.69) is 9.47 Å². The van der Waals surface area contributed by atoms with E-state index in [1.165, 1.54) is 0 Å². The van der Waals surface area contributed by atoms with Crippen molar-refractivity contribution in [3.63, 3.8) is 0 Å². The van der Waals surface area contributed by atoms with Gasteiger partial charge in [-0.05, 0) is 0 Å². The molecule has 0 spiro atoms. The minimum atomic E-state index is -7.34. The van der Waals surface area contributed by atoms with Crippen molar-refractivity contribution in [1.82, 2.24) is 0 Å². The molecule has 0 radical (unpaired) electrons. The van der Waals surface area contributed by atoms with Crippen molar-refractivity contribution in [2.24, 2.45) is 0 Å². The minimum absolute atomic E-state index is 1.16. The summed E-state index contributed by atoms with van der Waals surface area (Å²) in [4.78, 5) is 0. The summed E-state index contributed by atoms with van der Waals surface area (Å²) in [7, 11) is -7.34. The van der Waals surface area contributed by atoms with E-state index in [0.717, 1.165) is 0 Å². The van der Waals surface area contributed by atoms with Crippen LogP contribution in [-0.4, -0.2) is 44.8 Å². The molecule has 0 aromatic heterocycles. The Bertz CT molecular complexity index is 448. The van der Waals surface area contributed by atoms with Crippen molar-refractivity contribution in [3.8, 4) is 0 Å².